The van der Waals surface area contributed by atoms with Crippen molar-refractivity contribution in [3.8, 4) is 0 Å². The van der Waals surface area contributed by atoms with Gasteiger partial charge in [-0.2, -0.15) is 0 Å². The lowest BCUT2D eigenvalue weighted by Gasteiger charge is -2.23. The van der Waals surface area contributed by atoms with Crippen LogP contribution in [0.4, 0.5) is 0 Å². The van der Waals surface area contributed by atoms with E-state index in [2.05, 4.69) is 25.7 Å². The minimum Gasteiger partial charge on any atom is -0.464 e. The molecule has 0 saturated heterocycles. The molecule has 1 N–H and O–H groups in total. The lowest BCUT2D eigenvalue weighted by Crippen LogP contribution is -2.32. The molecule has 0 aliphatic rings. The molecule has 0 aliphatic carbocycles. The van der Waals surface area contributed by atoms with Crippen LogP contribution in [0, 0.1) is 5.92 Å². The molecule has 0 aromatic rings. The molecule has 25 heavy (non-hydrogen) atoms. The van der Waals surface area contributed by atoms with Crippen LogP contribution in [-0.4, -0.2) is 48.8 Å². The summed E-state index contributed by atoms with van der Waals surface area (Å²) in [6.45, 7) is 9.66. The largest absolute Gasteiger partial charge is 0.464 e. The molecule has 0 amide bonds. The van der Waals surface area contributed by atoms with E-state index in [1.165, 1.54) is 44.9 Å². The van der Waals surface area contributed by atoms with Gasteiger partial charge in [0.05, 0.1) is 6.61 Å². The van der Waals surface area contributed by atoms with Crippen LogP contribution < -0.4 is 0 Å². The fourth-order valence-electron chi connectivity index (χ4n) is 3.13. The maximum Gasteiger partial charge on any atom is 0.305 e. The molecule has 0 bridgehead atoms. The third-order valence-corrected chi connectivity index (χ3v) is 5.08. The van der Waals surface area contributed by atoms with Crippen LogP contribution in [0.15, 0.2) is 0 Å². The van der Waals surface area contributed by atoms with Gasteiger partial charge in [-0.1, -0.05) is 72.1 Å². The summed E-state index contributed by atoms with van der Waals surface area (Å²) in [5, 5.41) is 9.20. The number of aliphatic hydroxyl groups is 1. The maximum atomic E-state index is 11.8. The summed E-state index contributed by atoms with van der Waals surface area (Å²) >= 11 is 0. The van der Waals surface area contributed by atoms with Gasteiger partial charge in [0.2, 0.25) is 0 Å². The third-order valence-electron chi connectivity index (χ3n) is 5.08. The summed E-state index contributed by atoms with van der Waals surface area (Å²) in [5.41, 5.74) is 0. The van der Waals surface area contributed by atoms with Crippen molar-refractivity contribution in [2.45, 2.75) is 91.4 Å². The summed E-state index contributed by atoms with van der Waals surface area (Å²) in [4.78, 5) is 14.0. The highest BCUT2D eigenvalue weighted by atomic mass is 16.5. The van der Waals surface area contributed by atoms with E-state index in [1.807, 2.05) is 0 Å². The molecule has 0 unspecified atom stereocenters. The van der Waals surface area contributed by atoms with Crippen molar-refractivity contribution in [2.75, 3.05) is 32.8 Å². The minimum absolute atomic E-state index is 0.0718. The zero-order chi connectivity index (χ0) is 18.8. The Bertz CT molecular complexity index is 293. The van der Waals surface area contributed by atoms with Gasteiger partial charge in [0.15, 0.2) is 0 Å². The molecule has 0 saturated carbocycles. The zero-order valence-corrected chi connectivity index (χ0v) is 17.1. The average Bonchev–Trinajstić information content (AvgIpc) is 2.61. The van der Waals surface area contributed by atoms with Crippen molar-refractivity contribution in [3.63, 3.8) is 0 Å². The second-order valence-corrected chi connectivity index (χ2v) is 7.13. The fourth-order valence-corrected chi connectivity index (χ4v) is 3.13. The molecule has 4 nitrogen and oxygen atoms in total. The van der Waals surface area contributed by atoms with E-state index in [4.69, 9.17) is 4.74 Å². The molecule has 0 atom stereocenters. The van der Waals surface area contributed by atoms with Crippen LogP contribution in [0.2, 0.25) is 0 Å². The Kier molecular flexibility index (Phi) is 17.7. The minimum atomic E-state index is -0.0718. The molecule has 0 spiro atoms. The predicted molar refractivity (Wildman–Crippen MR) is 106 cm³/mol. The van der Waals surface area contributed by atoms with Crippen molar-refractivity contribution < 1.29 is 14.6 Å². The van der Waals surface area contributed by atoms with E-state index in [1.54, 1.807) is 0 Å². The SMILES string of the molecule is CCCCCCCCCC(=O)OCCN(CCO)CCC(CC)CC. The topological polar surface area (TPSA) is 49.8 Å². The quantitative estimate of drug-likeness (QED) is 0.283. The van der Waals surface area contributed by atoms with E-state index in [9.17, 15) is 9.90 Å². The Morgan fingerprint density at radius 3 is 2.16 bits per heavy atom. The maximum absolute atomic E-state index is 11.8. The van der Waals surface area contributed by atoms with Crippen LogP contribution in [0.3, 0.4) is 0 Å². The van der Waals surface area contributed by atoms with Gasteiger partial charge in [0.1, 0.15) is 6.61 Å². The molecule has 0 aromatic heterocycles. The molecule has 0 rings (SSSR count). The molecular weight excluding hydrogens is 314 g/mol. The monoisotopic (exact) mass is 357 g/mol. The predicted octanol–water partition coefficient (Wildman–Crippen LogP) is 4.79. The first-order chi connectivity index (χ1) is 12.2. The van der Waals surface area contributed by atoms with Crippen molar-refractivity contribution in [1.82, 2.24) is 4.90 Å². The second kappa shape index (κ2) is 18.2. The van der Waals surface area contributed by atoms with Crippen molar-refractivity contribution in [3.05, 3.63) is 0 Å². The number of carbonyl (C=O) groups is 1. The Balaban J connectivity index is 3.72. The number of esters is 1. The number of nitrogens with zero attached hydrogens (tertiary/aromatic N) is 1. The smallest absolute Gasteiger partial charge is 0.305 e. The van der Waals surface area contributed by atoms with Gasteiger partial charge < -0.3 is 9.84 Å². The normalized spacial score (nSPS) is 11.4. The first-order valence-electron chi connectivity index (χ1n) is 10.7. The Morgan fingerprint density at radius 1 is 0.920 bits per heavy atom. The van der Waals surface area contributed by atoms with Gasteiger partial charge in [-0.3, -0.25) is 9.69 Å². The Labute approximate surface area is 156 Å². The molecule has 0 fully saturated rings. The number of aliphatic hydroxyl groups excluding tert-OH is 1. The highest BCUT2D eigenvalue weighted by Crippen LogP contribution is 2.13. The van der Waals surface area contributed by atoms with E-state index in [0.29, 0.717) is 19.6 Å². The van der Waals surface area contributed by atoms with Crippen LogP contribution in [0.25, 0.3) is 0 Å². The standard InChI is InChI=1S/C21H43NO3/c1-4-7-8-9-10-11-12-13-21(24)25-19-17-22(16-18-23)15-14-20(5-2)6-3/h20,23H,4-19H2,1-3H3. The summed E-state index contributed by atoms with van der Waals surface area (Å²) < 4.78 is 5.36. The lowest BCUT2D eigenvalue weighted by molar-refractivity contribution is -0.144. The van der Waals surface area contributed by atoms with Gasteiger partial charge in [0.25, 0.3) is 0 Å². The van der Waals surface area contributed by atoms with Crippen molar-refractivity contribution in [2.24, 2.45) is 5.92 Å². The second-order valence-electron chi connectivity index (χ2n) is 7.13. The number of unbranched alkanes of at least 4 members (excludes halogenated alkanes) is 6. The van der Waals surface area contributed by atoms with E-state index in [0.717, 1.165) is 38.3 Å². The van der Waals surface area contributed by atoms with Crippen molar-refractivity contribution in [1.29, 1.82) is 0 Å². The van der Waals surface area contributed by atoms with Crippen LogP contribution in [0.1, 0.15) is 91.4 Å². The lowest BCUT2D eigenvalue weighted by atomic mass is 9.99. The van der Waals surface area contributed by atoms with Gasteiger partial charge in [-0.05, 0) is 25.3 Å². The number of hydrogen-bond acceptors (Lipinski definition) is 4. The molecule has 150 valence electrons. The van der Waals surface area contributed by atoms with E-state index >= 15 is 0 Å². The highest BCUT2D eigenvalue weighted by Gasteiger charge is 2.10. The van der Waals surface area contributed by atoms with Gasteiger partial charge in [0, 0.05) is 19.5 Å². The highest BCUT2D eigenvalue weighted by molar-refractivity contribution is 5.69. The Morgan fingerprint density at radius 2 is 1.56 bits per heavy atom. The first-order valence-corrected chi connectivity index (χ1v) is 10.7. The van der Waals surface area contributed by atoms with Gasteiger partial charge in [-0.25, -0.2) is 0 Å². The van der Waals surface area contributed by atoms with Gasteiger partial charge in [-0.15, -0.1) is 0 Å². The third kappa shape index (κ3) is 15.4. The number of carbonyl (C=O) groups excluding carboxylic acids is 1. The van der Waals surface area contributed by atoms with Gasteiger partial charge >= 0.3 is 5.97 Å². The summed E-state index contributed by atoms with van der Waals surface area (Å²) in [7, 11) is 0. The number of hydrogen-bond donors (Lipinski definition) is 1. The average molecular weight is 358 g/mol. The van der Waals surface area contributed by atoms with Crippen molar-refractivity contribution >= 4 is 5.97 Å². The molecule has 0 radical (unpaired) electrons. The molecule has 0 heterocycles. The summed E-state index contributed by atoms with van der Waals surface area (Å²) in [6.07, 6.45) is 12.6. The van der Waals surface area contributed by atoms with E-state index < -0.39 is 0 Å². The van der Waals surface area contributed by atoms with Crippen LogP contribution in [-0.2, 0) is 9.53 Å². The fraction of sp³-hybridized carbons (Fsp3) is 0.952. The number of ether oxygens (including phenoxy) is 1. The molecule has 4 heteroatoms. The van der Waals surface area contributed by atoms with E-state index in [-0.39, 0.29) is 12.6 Å². The zero-order valence-electron chi connectivity index (χ0n) is 17.1. The first kappa shape index (κ1) is 24.4. The summed E-state index contributed by atoms with van der Waals surface area (Å²) in [6, 6.07) is 0. The Hall–Kier alpha value is -0.610. The molecular formula is C21H43NO3. The summed E-state index contributed by atoms with van der Waals surface area (Å²) in [5.74, 6) is 0.679. The molecule has 0 aliphatic heterocycles. The van der Waals surface area contributed by atoms with Crippen LogP contribution in [0.5, 0.6) is 0 Å². The molecule has 0 aromatic carbocycles. The van der Waals surface area contributed by atoms with Crippen LogP contribution >= 0.6 is 0 Å². The number of rotatable bonds is 18.